The largest absolute Gasteiger partial charge is 0.492 e. The molecule has 16 atom stereocenters. The van der Waals surface area contributed by atoms with Crippen LogP contribution in [0.2, 0.25) is 0 Å². The molecule has 6 aliphatic rings. The van der Waals surface area contributed by atoms with Crippen molar-refractivity contribution in [1.82, 2.24) is 9.88 Å². The molecule has 334 valence electrons. The SMILES string of the molecule is COc1c(N2CC3CCCNC3C2)c(F)cc2c(=O)c(C(=O)OC[C@H]3O[C@H](O[C@@H]4[C@@H](O)[C@H](O[C@H]5O[C@H](CN)[C@@H](O)C[C@H]5N)[C@@H](N)C[C@H]4N)[C@H](O)[C@@H](N)[C@@H]3O)cn(C3CC3)c12. The Labute approximate surface area is 345 Å². The number of nitrogens with two attached hydrogens (primary N) is 5. The first-order valence-electron chi connectivity index (χ1n) is 20.9. The summed E-state index contributed by atoms with van der Waals surface area (Å²) < 4.78 is 53.0. The number of aliphatic hydroxyl groups is 4. The van der Waals surface area contributed by atoms with Gasteiger partial charge in [-0.2, -0.15) is 0 Å². The summed E-state index contributed by atoms with van der Waals surface area (Å²) in [5.74, 6) is -1.12. The van der Waals surface area contributed by atoms with Crippen molar-refractivity contribution in [2.45, 2.75) is 136 Å². The summed E-state index contributed by atoms with van der Waals surface area (Å²) in [6.45, 7) is 1.50. The van der Waals surface area contributed by atoms with Gasteiger partial charge in [0.05, 0.1) is 42.3 Å². The summed E-state index contributed by atoms with van der Waals surface area (Å²) in [4.78, 5) is 29.7. The quantitative estimate of drug-likeness (QED) is 0.0983. The second kappa shape index (κ2) is 17.6. The van der Waals surface area contributed by atoms with E-state index in [1.165, 1.54) is 13.3 Å². The van der Waals surface area contributed by atoms with E-state index in [2.05, 4.69) is 5.32 Å². The standard InChI is InChI=1S/C39H59FN8O12/c1-55-36-28-17(7-19(40)29(36)47-11-15-3-2-6-46-23(15)13-47)30(50)18(12-48(28)16-4-5-16)37(54)56-14-26-31(51)27(45)32(52)39(58-26)60-35-21(43)8-20(42)34(33(35)53)59-38-22(44)9-24(49)25(10-41)57-38/h7,12,15-16,20-27,31-35,38-39,46,49,51-53H,2-6,8-11,13-14,41-45H2,1H3/t15?,20-,21+,22+,23?,24-,25+,26+,27-,31+,32+,33-,34+,35-,38+,39+/m0/s1. The first kappa shape index (κ1) is 43.5. The highest BCUT2D eigenvalue weighted by Crippen LogP contribution is 2.45. The van der Waals surface area contributed by atoms with Crippen LogP contribution in [0.3, 0.4) is 0 Å². The van der Waals surface area contributed by atoms with E-state index in [1.54, 1.807) is 4.57 Å². The van der Waals surface area contributed by atoms with Crippen molar-refractivity contribution in [2.24, 2.45) is 34.6 Å². The summed E-state index contributed by atoms with van der Waals surface area (Å²) in [6, 6.07) is -2.52. The fraction of sp³-hybridized carbons (Fsp3) is 0.744. The van der Waals surface area contributed by atoms with Crippen LogP contribution in [-0.4, -0.2) is 162 Å². The monoisotopic (exact) mass is 850 g/mol. The van der Waals surface area contributed by atoms with Crippen LogP contribution in [0.1, 0.15) is 54.9 Å². The van der Waals surface area contributed by atoms with Gasteiger partial charge in [-0.15, -0.1) is 0 Å². The molecule has 0 bridgehead atoms. The van der Waals surface area contributed by atoms with Crippen LogP contribution in [0.4, 0.5) is 10.1 Å². The summed E-state index contributed by atoms with van der Waals surface area (Å²) in [5.41, 5.74) is 30.3. The van der Waals surface area contributed by atoms with Gasteiger partial charge in [-0.3, -0.25) is 4.79 Å². The minimum absolute atomic E-state index is 0.00218. The molecule has 15 N–H and O–H groups in total. The van der Waals surface area contributed by atoms with Crippen molar-refractivity contribution in [3.8, 4) is 5.75 Å². The Morgan fingerprint density at radius 1 is 0.933 bits per heavy atom. The lowest BCUT2D eigenvalue weighted by molar-refractivity contribution is -0.314. The van der Waals surface area contributed by atoms with Gasteiger partial charge in [0.2, 0.25) is 5.43 Å². The number of fused-ring (bicyclic) bond motifs is 2. The molecule has 0 spiro atoms. The summed E-state index contributed by atoms with van der Waals surface area (Å²) in [5, 5.41) is 47.2. The highest BCUT2D eigenvalue weighted by molar-refractivity contribution is 5.97. The molecule has 6 fully saturated rings. The Bertz CT molecular complexity index is 1930. The lowest BCUT2D eigenvalue weighted by Crippen LogP contribution is -2.68. The molecule has 4 aliphatic heterocycles. The maximum atomic E-state index is 16.2. The van der Waals surface area contributed by atoms with E-state index in [0.717, 1.165) is 38.3 Å². The molecule has 5 heterocycles. The maximum absolute atomic E-state index is 16.2. The van der Waals surface area contributed by atoms with Crippen molar-refractivity contribution in [2.75, 3.05) is 44.8 Å². The lowest BCUT2D eigenvalue weighted by atomic mass is 9.84. The zero-order valence-corrected chi connectivity index (χ0v) is 33.5. The molecule has 2 aliphatic carbocycles. The number of hydrogen-bond acceptors (Lipinski definition) is 19. The normalized spacial score (nSPS) is 39.8. The minimum atomic E-state index is -1.63. The number of ether oxygens (including phenoxy) is 6. The maximum Gasteiger partial charge on any atom is 0.343 e. The van der Waals surface area contributed by atoms with Gasteiger partial charge in [0.1, 0.15) is 54.5 Å². The zero-order chi connectivity index (χ0) is 42.7. The number of carbonyl (C=O) groups excluding carboxylic acids is 1. The molecule has 2 unspecified atom stereocenters. The topological polar surface area (TPSA) is 321 Å². The average molecular weight is 851 g/mol. The highest BCUT2D eigenvalue weighted by Gasteiger charge is 2.51. The van der Waals surface area contributed by atoms with Gasteiger partial charge in [0.25, 0.3) is 0 Å². The number of anilines is 1. The number of rotatable bonds is 11. The number of halogens is 1. The van der Waals surface area contributed by atoms with Gasteiger partial charge in [-0.1, -0.05) is 0 Å². The van der Waals surface area contributed by atoms with Gasteiger partial charge in [0.15, 0.2) is 24.1 Å². The van der Waals surface area contributed by atoms with Gasteiger partial charge in [-0.05, 0) is 57.1 Å². The van der Waals surface area contributed by atoms with Gasteiger partial charge in [-0.25, -0.2) is 9.18 Å². The molecular formula is C39H59FN8O12. The minimum Gasteiger partial charge on any atom is -0.492 e. The summed E-state index contributed by atoms with van der Waals surface area (Å²) in [6.07, 6.45) is -7.56. The summed E-state index contributed by atoms with van der Waals surface area (Å²) in [7, 11) is 1.44. The predicted molar refractivity (Wildman–Crippen MR) is 211 cm³/mol. The number of methoxy groups -OCH3 is 1. The van der Waals surface area contributed by atoms with E-state index in [0.29, 0.717) is 24.5 Å². The van der Waals surface area contributed by atoms with Crippen LogP contribution in [-0.2, 0) is 23.7 Å². The van der Waals surface area contributed by atoms with Crippen molar-refractivity contribution in [3.63, 3.8) is 0 Å². The number of aliphatic hydroxyl groups excluding tert-OH is 4. The van der Waals surface area contributed by atoms with Crippen molar-refractivity contribution < 1.29 is 58.0 Å². The first-order valence-corrected chi connectivity index (χ1v) is 20.9. The number of nitrogens with zero attached hydrogens (tertiary/aromatic N) is 2. The number of benzene rings is 1. The number of esters is 1. The molecule has 21 heteroatoms. The molecule has 20 nitrogen and oxygen atoms in total. The number of carbonyl (C=O) groups is 1. The van der Waals surface area contributed by atoms with Crippen molar-refractivity contribution >= 4 is 22.6 Å². The Balaban J connectivity index is 0.981. The molecule has 0 amide bonds. The highest BCUT2D eigenvalue weighted by atomic mass is 19.1. The Morgan fingerprint density at radius 3 is 2.30 bits per heavy atom. The van der Waals surface area contributed by atoms with E-state index in [-0.39, 0.29) is 53.9 Å². The Hall–Kier alpha value is -3.13. The molecule has 1 aromatic heterocycles. The van der Waals surface area contributed by atoms with Crippen LogP contribution in [0.15, 0.2) is 17.1 Å². The fourth-order valence-electron chi connectivity index (χ4n) is 9.60. The van der Waals surface area contributed by atoms with E-state index < -0.39 is 109 Å². The van der Waals surface area contributed by atoms with Crippen LogP contribution in [0.25, 0.3) is 10.9 Å². The van der Waals surface area contributed by atoms with E-state index in [4.69, 9.17) is 57.1 Å². The number of hydrogen-bond donors (Lipinski definition) is 10. The second-order valence-electron chi connectivity index (χ2n) is 17.2. The van der Waals surface area contributed by atoms with Gasteiger partial charge >= 0.3 is 5.97 Å². The molecule has 2 aromatic rings. The fourth-order valence-corrected chi connectivity index (χ4v) is 9.60. The van der Waals surface area contributed by atoms with E-state index >= 15 is 4.39 Å². The Morgan fingerprint density at radius 2 is 1.63 bits per heavy atom. The third kappa shape index (κ3) is 8.14. The molecule has 60 heavy (non-hydrogen) atoms. The molecular weight excluding hydrogens is 791 g/mol. The number of nitrogens with one attached hydrogen (secondary N) is 1. The molecule has 1 aromatic carbocycles. The zero-order valence-electron chi connectivity index (χ0n) is 33.5. The van der Waals surface area contributed by atoms with E-state index in [9.17, 15) is 30.0 Å². The smallest absolute Gasteiger partial charge is 0.343 e. The van der Waals surface area contributed by atoms with Gasteiger partial charge < -0.3 is 92.3 Å². The van der Waals surface area contributed by atoms with Crippen LogP contribution >= 0.6 is 0 Å². The molecule has 2 saturated carbocycles. The van der Waals surface area contributed by atoms with Crippen molar-refractivity contribution in [3.05, 3.63) is 33.9 Å². The second-order valence-corrected chi connectivity index (χ2v) is 17.2. The number of pyridine rings is 1. The summed E-state index contributed by atoms with van der Waals surface area (Å²) >= 11 is 0. The Kier molecular flexibility index (Phi) is 12.7. The number of aromatic nitrogens is 1. The third-order valence-electron chi connectivity index (χ3n) is 13.1. The van der Waals surface area contributed by atoms with Crippen LogP contribution in [0, 0.1) is 11.7 Å². The molecule has 4 saturated heterocycles. The van der Waals surface area contributed by atoms with Crippen molar-refractivity contribution in [1.29, 1.82) is 0 Å². The third-order valence-corrected chi connectivity index (χ3v) is 13.1. The number of piperidine rings is 1. The van der Waals surface area contributed by atoms with E-state index in [1.807, 2.05) is 4.90 Å². The predicted octanol–water partition coefficient (Wildman–Crippen LogP) is -3.45. The average Bonchev–Trinajstić information content (AvgIpc) is 3.98. The molecule has 8 rings (SSSR count). The van der Waals surface area contributed by atoms with Crippen LogP contribution < -0.4 is 49.1 Å². The van der Waals surface area contributed by atoms with Crippen LogP contribution in [0.5, 0.6) is 5.75 Å². The molecule has 0 radical (unpaired) electrons. The first-order chi connectivity index (χ1) is 28.7. The lowest BCUT2D eigenvalue weighted by Gasteiger charge is -2.47. The van der Waals surface area contributed by atoms with Gasteiger partial charge in [0, 0.05) is 50.0 Å².